The van der Waals surface area contributed by atoms with E-state index >= 15 is 0 Å². The molecule has 0 fully saturated rings. The van der Waals surface area contributed by atoms with Crippen LogP contribution < -0.4 is 5.73 Å². The Kier molecular flexibility index (Phi) is 3.46. The van der Waals surface area contributed by atoms with Crippen LogP contribution >= 0.6 is 0 Å². The molecule has 0 saturated carbocycles. The summed E-state index contributed by atoms with van der Waals surface area (Å²) in [6.07, 6.45) is 0. The molecule has 102 valence electrons. The van der Waals surface area contributed by atoms with Crippen molar-refractivity contribution < 1.29 is 5.11 Å². The zero-order chi connectivity index (χ0) is 14.5. The predicted molar refractivity (Wildman–Crippen MR) is 79.4 cm³/mol. The van der Waals surface area contributed by atoms with Gasteiger partial charge >= 0.3 is 0 Å². The van der Waals surface area contributed by atoms with E-state index in [-0.39, 0.29) is 10.8 Å². The lowest BCUT2D eigenvalue weighted by Crippen LogP contribution is -2.22. The maximum Gasteiger partial charge on any atom is 0.124 e. The Morgan fingerprint density at radius 1 is 0.778 bits per heavy atom. The molecule has 0 radical (unpaired) electrons. The van der Waals surface area contributed by atoms with Crippen LogP contribution in [0, 0.1) is 13.8 Å². The van der Waals surface area contributed by atoms with Crippen LogP contribution in [0.4, 0.5) is 5.69 Å². The average Bonchev–Trinajstić information content (AvgIpc) is 2.09. The average molecular weight is 249 g/mol. The summed E-state index contributed by atoms with van der Waals surface area (Å²) in [4.78, 5) is 0. The second kappa shape index (κ2) is 4.18. The van der Waals surface area contributed by atoms with E-state index in [0.29, 0.717) is 5.75 Å². The molecule has 2 heteroatoms. The molecule has 0 unspecified atom stereocenters. The van der Waals surface area contributed by atoms with Gasteiger partial charge in [-0.15, -0.1) is 0 Å². The Morgan fingerprint density at radius 2 is 1.17 bits per heavy atom. The molecule has 0 aliphatic rings. The molecular formula is C16H27NO. The minimum absolute atomic E-state index is 0.0212. The molecule has 1 rings (SSSR count). The van der Waals surface area contributed by atoms with E-state index in [4.69, 9.17) is 5.73 Å². The van der Waals surface area contributed by atoms with Gasteiger partial charge in [0.25, 0.3) is 0 Å². The van der Waals surface area contributed by atoms with Crippen LogP contribution in [0.3, 0.4) is 0 Å². The highest BCUT2D eigenvalue weighted by Gasteiger charge is 2.30. The first-order chi connectivity index (χ1) is 7.89. The molecule has 0 atom stereocenters. The van der Waals surface area contributed by atoms with E-state index in [1.807, 2.05) is 6.92 Å². The fourth-order valence-electron chi connectivity index (χ4n) is 2.89. The van der Waals surface area contributed by atoms with E-state index in [1.165, 1.54) is 0 Å². The Morgan fingerprint density at radius 3 is 1.50 bits per heavy atom. The topological polar surface area (TPSA) is 46.2 Å². The molecule has 0 saturated heterocycles. The number of hydrogen-bond donors (Lipinski definition) is 2. The van der Waals surface area contributed by atoms with E-state index in [2.05, 4.69) is 48.5 Å². The van der Waals surface area contributed by atoms with Gasteiger partial charge in [-0.05, 0) is 35.8 Å². The van der Waals surface area contributed by atoms with Gasteiger partial charge in [0, 0.05) is 16.8 Å². The van der Waals surface area contributed by atoms with Gasteiger partial charge in [-0.3, -0.25) is 0 Å². The summed E-state index contributed by atoms with van der Waals surface area (Å²) in [5.74, 6) is 0.352. The summed E-state index contributed by atoms with van der Waals surface area (Å²) in [5, 5.41) is 10.4. The monoisotopic (exact) mass is 249 g/mol. The van der Waals surface area contributed by atoms with Crippen LogP contribution in [-0.4, -0.2) is 5.11 Å². The lowest BCUT2D eigenvalue weighted by molar-refractivity contribution is 0.439. The molecular weight excluding hydrogens is 222 g/mol. The van der Waals surface area contributed by atoms with Crippen molar-refractivity contribution in [3.63, 3.8) is 0 Å². The Balaban J connectivity index is 3.83. The molecule has 1 aromatic carbocycles. The highest BCUT2D eigenvalue weighted by molar-refractivity contribution is 5.68. The first-order valence-electron chi connectivity index (χ1n) is 6.51. The maximum atomic E-state index is 10.4. The van der Waals surface area contributed by atoms with Gasteiger partial charge in [-0.25, -0.2) is 0 Å². The first kappa shape index (κ1) is 14.9. The second-order valence-electron chi connectivity index (χ2n) is 7.26. The van der Waals surface area contributed by atoms with Crippen molar-refractivity contribution in [2.75, 3.05) is 5.73 Å². The van der Waals surface area contributed by atoms with Crippen molar-refractivity contribution in [2.45, 2.75) is 66.2 Å². The van der Waals surface area contributed by atoms with E-state index < -0.39 is 0 Å². The number of nitrogen functional groups attached to an aromatic ring is 1. The van der Waals surface area contributed by atoms with Crippen LogP contribution in [-0.2, 0) is 10.8 Å². The zero-order valence-corrected chi connectivity index (χ0v) is 13.0. The smallest absolute Gasteiger partial charge is 0.124 e. The molecule has 0 spiro atoms. The standard InChI is InChI=1S/C16H27NO/c1-9-11(15(3,4)5)13(17)10(2)14(18)12(9)16(6,7)8/h18H,17H2,1-8H3. The van der Waals surface area contributed by atoms with Crippen LogP contribution in [0.15, 0.2) is 0 Å². The second-order valence-corrected chi connectivity index (χ2v) is 7.26. The van der Waals surface area contributed by atoms with Crippen molar-refractivity contribution in [3.8, 4) is 5.75 Å². The lowest BCUT2D eigenvalue weighted by atomic mass is 9.74. The van der Waals surface area contributed by atoms with Crippen LogP contribution in [0.5, 0.6) is 5.75 Å². The minimum atomic E-state index is -0.0906. The normalized spacial score (nSPS) is 12.9. The van der Waals surface area contributed by atoms with Crippen molar-refractivity contribution in [1.29, 1.82) is 0 Å². The highest BCUT2D eigenvalue weighted by atomic mass is 16.3. The molecule has 0 aliphatic heterocycles. The Hall–Kier alpha value is -1.18. The van der Waals surface area contributed by atoms with Crippen LogP contribution in [0.25, 0.3) is 0 Å². The maximum absolute atomic E-state index is 10.4. The molecule has 0 heterocycles. The Labute approximate surface area is 111 Å². The quantitative estimate of drug-likeness (QED) is 0.677. The van der Waals surface area contributed by atoms with E-state index in [1.54, 1.807) is 0 Å². The number of phenols is 1. The number of anilines is 1. The Bertz CT molecular complexity index is 432. The molecule has 0 amide bonds. The largest absolute Gasteiger partial charge is 0.507 e. The lowest BCUT2D eigenvalue weighted by Gasteiger charge is -2.32. The molecule has 0 bridgehead atoms. The number of aromatic hydroxyl groups is 1. The predicted octanol–water partition coefficient (Wildman–Crippen LogP) is 4.19. The number of benzene rings is 1. The summed E-state index contributed by atoms with van der Waals surface area (Å²) >= 11 is 0. The van der Waals surface area contributed by atoms with Gasteiger partial charge in [-0.1, -0.05) is 41.5 Å². The minimum Gasteiger partial charge on any atom is -0.507 e. The van der Waals surface area contributed by atoms with Gasteiger partial charge in [0.1, 0.15) is 5.75 Å². The molecule has 2 nitrogen and oxygen atoms in total. The van der Waals surface area contributed by atoms with Crippen molar-refractivity contribution in [3.05, 3.63) is 22.3 Å². The molecule has 3 N–H and O–H groups in total. The van der Waals surface area contributed by atoms with Crippen molar-refractivity contribution >= 4 is 5.69 Å². The summed E-state index contributed by atoms with van der Waals surface area (Å²) in [7, 11) is 0. The third kappa shape index (κ3) is 2.33. The summed E-state index contributed by atoms with van der Waals surface area (Å²) < 4.78 is 0. The van der Waals surface area contributed by atoms with Crippen LogP contribution in [0.2, 0.25) is 0 Å². The van der Waals surface area contributed by atoms with Gasteiger partial charge in [0.2, 0.25) is 0 Å². The third-order valence-electron chi connectivity index (χ3n) is 3.52. The van der Waals surface area contributed by atoms with Gasteiger partial charge < -0.3 is 10.8 Å². The molecule has 18 heavy (non-hydrogen) atoms. The first-order valence-corrected chi connectivity index (χ1v) is 6.51. The van der Waals surface area contributed by atoms with Crippen molar-refractivity contribution in [1.82, 2.24) is 0 Å². The van der Waals surface area contributed by atoms with E-state index in [0.717, 1.165) is 27.9 Å². The van der Waals surface area contributed by atoms with Gasteiger partial charge in [0.05, 0.1) is 0 Å². The van der Waals surface area contributed by atoms with Crippen molar-refractivity contribution in [2.24, 2.45) is 0 Å². The highest BCUT2D eigenvalue weighted by Crippen LogP contribution is 2.44. The summed E-state index contributed by atoms with van der Waals surface area (Å²) in [5.41, 5.74) is 10.9. The molecule has 0 aromatic heterocycles. The molecule has 1 aromatic rings. The number of rotatable bonds is 0. The summed E-state index contributed by atoms with van der Waals surface area (Å²) in [6.45, 7) is 16.8. The number of phenolic OH excluding ortho intramolecular Hbond substituents is 1. The van der Waals surface area contributed by atoms with E-state index in [9.17, 15) is 5.11 Å². The fraction of sp³-hybridized carbons (Fsp3) is 0.625. The van der Waals surface area contributed by atoms with Gasteiger partial charge in [-0.2, -0.15) is 0 Å². The molecule has 0 aliphatic carbocycles. The number of hydrogen-bond acceptors (Lipinski definition) is 2. The zero-order valence-electron chi connectivity index (χ0n) is 13.0. The SMILES string of the molecule is Cc1c(N)c(C(C)(C)C)c(C)c(C(C)(C)C)c1O. The number of nitrogens with two attached hydrogens (primary N) is 1. The fourth-order valence-corrected chi connectivity index (χ4v) is 2.89. The van der Waals surface area contributed by atoms with Crippen LogP contribution in [0.1, 0.15) is 63.8 Å². The summed E-state index contributed by atoms with van der Waals surface area (Å²) in [6, 6.07) is 0. The van der Waals surface area contributed by atoms with Gasteiger partial charge in [0.15, 0.2) is 0 Å². The third-order valence-corrected chi connectivity index (χ3v) is 3.52.